The zero-order valence-corrected chi connectivity index (χ0v) is 18.3. The molecule has 2 aromatic heterocycles. The first-order valence-corrected chi connectivity index (χ1v) is 10.2. The fourth-order valence-electron chi connectivity index (χ4n) is 2.83. The number of pyridine rings is 1. The van der Waals surface area contributed by atoms with E-state index >= 15 is 0 Å². The lowest BCUT2D eigenvalue weighted by atomic mass is 10.1. The summed E-state index contributed by atoms with van der Waals surface area (Å²) in [6.07, 6.45) is 3.67. The summed E-state index contributed by atoms with van der Waals surface area (Å²) >= 11 is 12.3. The largest absolute Gasteiger partial charge is 0.466 e. The van der Waals surface area contributed by atoms with Crippen molar-refractivity contribution in [3.05, 3.63) is 70.2 Å². The normalized spacial score (nSPS) is 12.6. The number of imidazole rings is 1. The van der Waals surface area contributed by atoms with Crippen LogP contribution in [-0.2, 0) is 6.42 Å². The van der Waals surface area contributed by atoms with Crippen LogP contribution in [0.25, 0.3) is 0 Å². The van der Waals surface area contributed by atoms with Crippen molar-refractivity contribution >= 4 is 29.0 Å². The molecule has 0 aliphatic carbocycles. The maximum absolute atomic E-state index is 6.20. The van der Waals surface area contributed by atoms with E-state index in [4.69, 9.17) is 27.9 Å². The highest BCUT2D eigenvalue weighted by Crippen LogP contribution is 2.26. The maximum Gasteiger partial charge on any atom is 0.215 e. The quantitative estimate of drug-likeness (QED) is 0.483. The Labute approximate surface area is 181 Å². The number of H-pyrrole nitrogens is 1. The Bertz CT molecular complexity index is 905. The van der Waals surface area contributed by atoms with Crippen molar-refractivity contribution < 1.29 is 9.22 Å². The SMILES string of the molecule is C[N+](C)(C)CCNc1cccc(OC(Cc2cc(Cl)cc(Cl)c2)c2ncc[nH]2)n1. The number of rotatable bonds is 9. The number of hydrogen-bond donors (Lipinski definition) is 2. The third-order valence-electron chi connectivity index (χ3n) is 4.24. The number of benzene rings is 1. The second-order valence-corrected chi connectivity index (χ2v) is 8.74. The summed E-state index contributed by atoms with van der Waals surface area (Å²) in [4.78, 5) is 12.1. The number of nitrogens with one attached hydrogen (secondary N) is 2. The molecule has 8 heteroatoms. The Morgan fingerprint density at radius 2 is 1.90 bits per heavy atom. The average molecular weight is 435 g/mol. The summed E-state index contributed by atoms with van der Waals surface area (Å²) in [5, 5.41) is 4.53. The van der Waals surface area contributed by atoms with Gasteiger partial charge in [-0.3, -0.25) is 0 Å². The van der Waals surface area contributed by atoms with Gasteiger partial charge in [0.25, 0.3) is 0 Å². The molecule has 6 nitrogen and oxygen atoms in total. The van der Waals surface area contributed by atoms with E-state index < -0.39 is 0 Å². The smallest absolute Gasteiger partial charge is 0.215 e. The van der Waals surface area contributed by atoms with Gasteiger partial charge in [0, 0.05) is 34.9 Å². The van der Waals surface area contributed by atoms with Gasteiger partial charge in [0.1, 0.15) is 11.6 Å². The number of halogens is 2. The van der Waals surface area contributed by atoms with Crippen LogP contribution in [0.1, 0.15) is 17.5 Å². The number of quaternary nitrogens is 1. The molecule has 0 aliphatic rings. The second kappa shape index (κ2) is 9.48. The summed E-state index contributed by atoms with van der Waals surface area (Å²) in [5.41, 5.74) is 0.959. The first kappa shape index (κ1) is 21.4. The van der Waals surface area contributed by atoms with E-state index in [2.05, 4.69) is 41.4 Å². The minimum atomic E-state index is -0.353. The Morgan fingerprint density at radius 3 is 2.55 bits per heavy atom. The van der Waals surface area contributed by atoms with Crippen LogP contribution in [0.15, 0.2) is 48.8 Å². The van der Waals surface area contributed by atoms with Gasteiger partial charge in [-0.25, -0.2) is 4.98 Å². The monoisotopic (exact) mass is 434 g/mol. The standard InChI is InChI=1S/C21H26Cl2N5O/c1-28(2,3)10-9-24-19-5-4-6-20(27-19)29-18(21-25-7-8-26-21)13-15-11-16(22)14-17(23)12-15/h4-8,11-12,14,18H,9-10,13H2,1-3H3,(H,24,27)(H,25,26)/q+1. The lowest BCUT2D eigenvalue weighted by molar-refractivity contribution is -0.868. The molecule has 0 aliphatic heterocycles. The third kappa shape index (κ3) is 6.92. The van der Waals surface area contributed by atoms with Gasteiger partial charge in [0.2, 0.25) is 5.88 Å². The zero-order chi connectivity index (χ0) is 20.9. The van der Waals surface area contributed by atoms with Gasteiger partial charge >= 0.3 is 0 Å². The topological polar surface area (TPSA) is 62.8 Å². The van der Waals surface area contributed by atoms with Crippen molar-refractivity contribution in [1.29, 1.82) is 0 Å². The summed E-state index contributed by atoms with van der Waals surface area (Å²) < 4.78 is 7.08. The van der Waals surface area contributed by atoms with E-state index in [-0.39, 0.29) is 6.10 Å². The predicted molar refractivity (Wildman–Crippen MR) is 118 cm³/mol. The first-order chi connectivity index (χ1) is 13.8. The van der Waals surface area contributed by atoms with E-state index in [0.717, 1.165) is 29.0 Å². The number of nitrogens with zero attached hydrogens (tertiary/aromatic N) is 3. The summed E-state index contributed by atoms with van der Waals surface area (Å²) in [6, 6.07) is 11.2. The molecule has 0 amide bonds. The molecule has 0 bridgehead atoms. The average Bonchev–Trinajstić information content (AvgIpc) is 3.14. The highest BCUT2D eigenvalue weighted by molar-refractivity contribution is 6.34. The van der Waals surface area contributed by atoms with E-state index in [9.17, 15) is 0 Å². The highest BCUT2D eigenvalue weighted by atomic mass is 35.5. The molecule has 0 fully saturated rings. The molecule has 1 aromatic carbocycles. The second-order valence-electron chi connectivity index (χ2n) is 7.86. The summed E-state index contributed by atoms with van der Waals surface area (Å²) in [7, 11) is 6.47. The molecule has 154 valence electrons. The molecule has 0 radical (unpaired) electrons. The van der Waals surface area contributed by atoms with Crippen LogP contribution in [0.2, 0.25) is 10.0 Å². The Kier molecular flexibility index (Phi) is 7.00. The van der Waals surface area contributed by atoms with Crippen LogP contribution in [-0.4, -0.2) is 53.7 Å². The van der Waals surface area contributed by atoms with Gasteiger partial charge in [-0.15, -0.1) is 0 Å². The van der Waals surface area contributed by atoms with Crippen molar-refractivity contribution in [2.45, 2.75) is 12.5 Å². The lowest BCUT2D eigenvalue weighted by Crippen LogP contribution is -2.38. The van der Waals surface area contributed by atoms with Crippen LogP contribution >= 0.6 is 23.2 Å². The number of likely N-dealkylation sites (N-methyl/N-ethyl adjacent to an activating group) is 1. The Morgan fingerprint density at radius 1 is 1.14 bits per heavy atom. The van der Waals surface area contributed by atoms with Gasteiger partial charge in [0.15, 0.2) is 6.10 Å². The van der Waals surface area contributed by atoms with Gasteiger partial charge in [0.05, 0.1) is 34.2 Å². The minimum Gasteiger partial charge on any atom is -0.466 e. The van der Waals surface area contributed by atoms with E-state index in [1.54, 1.807) is 18.5 Å². The fraction of sp³-hybridized carbons (Fsp3) is 0.333. The number of hydrogen-bond acceptors (Lipinski definition) is 4. The van der Waals surface area contributed by atoms with Gasteiger partial charge in [-0.05, 0) is 29.8 Å². The Hall–Kier alpha value is -2.28. The van der Waals surface area contributed by atoms with Gasteiger partial charge in [-0.1, -0.05) is 29.3 Å². The molecular formula is C21H26Cl2N5O+. The van der Waals surface area contributed by atoms with Crippen molar-refractivity contribution in [2.75, 3.05) is 39.5 Å². The molecule has 29 heavy (non-hydrogen) atoms. The Balaban J connectivity index is 1.74. The number of anilines is 1. The van der Waals surface area contributed by atoms with E-state index in [1.165, 1.54) is 0 Å². The van der Waals surface area contributed by atoms with Crippen molar-refractivity contribution in [1.82, 2.24) is 15.0 Å². The maximum atomic E-state index is 6.20. The molecule has 1 atom stereocenters. The van der Waals surface area contributed by atoms with Crippen molar-refractivity contribution in [2.24, 2.45) is 0 Å². The van der Waals surface area contributed by atoms with Crippen molar-refractivity contribution in [3.63, 3.8) is 0 Å². The molecule has 3 rings (SSSR count). The highest BCUT2D eigenvalue weighted by Gasteiger charge is 2.18. The van der Waals surface area contributed by atoms with Gasteiger partial charge in [-0.2, -0.15) is 4.98 Å². The molecule has 2 N–H and O–H groups in total. The molecule has 0 spiro atoms. The van der Waals surface area contributed by atoms with Crippen LogP contribution < -0.4 is 10.1 Å². The van der Waals surface area contributed by atoms with Crippen LogP contribution in [0, 0.1) is 0 Å². The van der Waals surface area contributed by atoms with Crippen LogP contribution in [0.3, 0.4) is 0 Å². The molecule has 0 saturated heterocycles. The first-order valence-electron chi connectivity index (χ1n) is 9.41. The summed E-state index contributed by atoms with van der Waals surface area (Å²) in [5.74, 6) is 2.01. The van der Waals surface area contributed by atoms with E-state index in [0.29, 0.717) is 28.2 Å². The lowest BCUT2D eigenvalue weighted by Gasteiger charge is -2.24. The fourth-order valence-corrected chi connectivity index (χ4v) is 3.41. The summed E-state index contributed by atoms with van der Waals surface area (Å²) in [6.45, 7) is 1.81. The molecule has 0 saturated carbocycles. The number of ether oxygens (including phenoxy) is 1. The molecule has 3 aromatic rings. The number of aromatic nitrogens is 3. The van der Waals surface area contributed by atoms with Crippen LogP contribution in [0.4, 0.5) is 5.82 Å². The molecular weight excluding hydrogens is 409 g/mol. The molecule has 1 unspecified atom stereocenters. The van der Waals surface area contributed by atoms with Gasteiger partial charge < -0.3 is 19.5 Å². The zero-order valence-electron chi connectivity index (χ0n) is 16.8. The van der Waals surface area contributed by atoms with Crippen LogP contribution in [0.5, 0.6) is 5.88 Å². The van der Waals surface area contributed by atoms with Crippen molar-refractivity contribution in [3.8, 4) is 5.88 Å². The predicted octanol–water partition coefficient (Wildman–Crippen LogP) is 4.59. The molecule has 2 heterocycles. The third-order valence-corrected chi connectivity index (χ3v) is 4.68. The number of aromatic amines is 1. The minimum absolute atomic E-state index is 0.353. The van der Waals surface area contributed by atoms with E-state index in [1.807, 2.05) is 30.3 Å².